The number of hydrogen-bond acceptors (Lipinski definition) is 4. The lowest BCUT2D eigenvalue weighted by molar-refractivity contribution is 0.0696. The van der Waals surface area contributed by atoms with Gasteiger partial charge < -0.3 is 5.11 Å². The minimum atomic E-state index is -0.969. The van der Waals surface area contributed by atoms with E-state index in [1.165, 1.54) is 12.4 Å². The van der Waals surface area contributed by atoms with Crippen molar-refractivity contribution < 1.29 is 9.90 Å². The Bertz CT molecular complexity index is 876. The number of carbonyl (C=O) groups is 1. The van der Waals surface area contributed by atoms with Crippen molar-refractivity contribution in [3.05, 3.63) is 46.1 Å². The highest BCUT2D eigenvalue weighted by Crippen LogP contribution is 2.24. The Labute approximate surface area is 129 Å². The summed E-state index contributed by atoms with van der Waals surface area (Å²) in [5, 5.41) is 9.25. The molecule has 0 unspecified atom stereocenters. The lowest BCUT2D eigenvalue weighted by atomic mass is 10.1. The minimum absolute atomic E-state index is 0.0214. The number of aryl methyl sites for hydroxylation is 1. The molecule has 8 heteroatoms. The van der Waals surface area contributed by atoms with E-state index >= 15 is 0 Å². The quantitative estimate of drug-likeness (QED) is 0.579. The average molecular weight is 323 g/mol. The molecule has 0 amide bonds. The van der Waals surface area contributed by atoms with E-state index in [4.69, 9.17) is 28.3 Å². The van der Waals surface area contributed by atoms with Crippen LogP contribution in [0.5, 0.6) is 0 Å². The van der Waals surface area contributed by atoms with Crippen molar-refractivity contribution in [2.45, 2.75) is 6.92 Å². The molecule has 0 aliphatic heterocycles. The third kappa shape index (κ3) is 2.32. The van der Waals surface area contributed by atoms with E-state index in [-0.39, 0.29) is 16.0 Å². The second-order valence-corrected chi connectivity index (χ2v) is 5.07. The maximum atomic E-state index is 11.0. The summed E-state index contributed by atoms with van der Waals surface area (Å²) in [6.45, 7) is 1.72. The highest BCUT2D eigenvalue weighted by atomic mass is 35.5. The number of hydrogen-bond donors (Lipinski definition) is 1. The summed E-state index contributed by atoms with van der Waals surface area (Å²) in [4.78, 5) is 23.1. The molecule has 1 aromatic carbocycles. The minimum Gasteiger partial charge on any atom is -0.478 e. The number of carboxylic acids is 1. The smallest absolute Gasteiger partial charge is 0.335 e. The summed E-state index contributed by atoms with van der Waals surface area (Å²) in [6, 6.07) is 4.93. The predicted molar refractivity (Wildman–Crippen MR) is 78.4 cm³/mol. The molecule has 0 saturated carbocycles. The Morgan fingerprint density at radius 1 is 1.29 bits per heavy atom. The van der Waals surface area contributed by atoms with Gasteiger partial charge in [-0.15, -0.1) is 0 Å². The predicted octanol–water partition coefficient (Wildman–Crippen LogP) is 3.13. The first-order valence-electron chi connectivity index (χ1n) is 5.88. The van der Waals surface area contributed by atoms with Crippen molar-refractivity contribution in [1.82, 2.24) is 19.5 Å². The fraction of sp³-hybridized carbons (Fsp3) is 0.0769. The number of aromatic nitrogens is 4. The molecule has 0 aliphatic carbocycles. The molecule has 0 aliphatic rings. The molecule has 0 bridgehead atoms. The number of fused-ring (bicyclic) bond motifs is 1. The highest BCUT2D eigenvalue weighted by Gasteiger charge is 2.14. The molecular formula is C13H8Cl2N4O2. The summed E-state index contributed by atoms with van der Waals surface area (Å²) < 4.78 is 1.67. The van der Waals surface area contributed by atoms with Gasteiger partial charge >= 0.3 is 5.97 Å². The molecule has 2 aromatic heterocycles. The van der Waals surface area contributed by atoms with Gasteiger partial charge in [0.1, 0.15) is 11.8 Å². The van der Waals surface area contributed by atoms with Gasteiger partial charge in [0, 0.05) is 5.69 Å². The van der Waals surface area contributed by atoms with Gasteiger partial charge in [0.15, 0.2) is 10.8 Å². The van der Waals surface area contributed by atoms with Crippen molar-refractivity contribution in [2.75, 3.05) is 0 Å². The molecule has 0 radical (unpaired) electrons. The van der Waals surface area contributed by atoms with E-state index in [0.29, 0.717) is 22.4 Å². The molecule has 2 heterocycles. The summed E-state index contributed by atoms with van der Waals surface area (Å²) >= 11 is 11.8. The fourth-order valence-corrected chi connectivity index (χ4v) is 2.49. The van der Waals surface area contributed by atoms with Gasteiger partial charge in [-0.3, -0.25) is 4.57 Å². The van der Waals surface area contributed by atoms with Gasteiger partial charge in [0.05, 0.1) is 5.56 Å². The van der Waals surface area contributed by atoms with Gasteiger partial charge in [0.2, 0.25) is 5.28 Å². The van der Waals surface area contributed by atoms with E-state index < -0.39 is 5.97 Å². The Hall–Kier alpha value is -2.18. The van der Waals surface area contributed by atoms with Crippen LogP contribution in [0.4, 0.5) is 0 Å². The first-order valence-corrected chi connectivity index (χ1v) is 6.63. The number of halogens is 2. The Kier molecular flexibility index (Phi) is 3.27. The molecule has 106 valence electrons. The van der Waals surface area contributed by atoms with Gasteiger partial charge in [-0.25, -0.2) is 14.8 Å². The van der Waals surface area contributed by atoms with Gasteiger partial charge in [0.25, 0.3) is 0 Å². The van der Waals surface area contributed by atoms with Crippen LogP contribution < -0.4 is 0 Å². The molecule has 0 saturated heterocycles. The molecule has 0 spiro atoms. The molecule has 0 atom stereocenters. The number of aromatic carboxylic acids is 1. The zero-order valence-electron chi connectivity index (χ0n) is 10.7. The highest BCUT2D eigenvalue weighted by molar-refractivity contribution is 6.35. The van der Waals surface area contributed by atoms with Crippen LogP contribution in [-0.2, 0) is 0 Å². The SMILES string of the molecule is Cc1cc(-n2cnc3c(Cl)nc(Cl)nc32)ccc1C(=O)O. The number of carboxylic acid groups (broad SMARTS) is 1. The van der Waals surface area contributed by atoms with Crippen LogP contribution in [0.25, 0.3) is 16.9 Å². The van der Waals surface area contributed by atoms with Crippen LogP contribution in [0.1, 0.15) is 15.9 Å². The number of nitrogens with zero attached hydrogens (tertiary/aromatic N) is 4. The van der Waals surface area contributed by atoms with Gasteiger partial charge in [-0.05, 0) is 42.3 Å². The van der Waals surface area contributed by atoms with Crippen molar-refractivity contribution in [3.8, 4) is 5.69 Å². The summed E-state index contributed by atoms with van der Waals surface area (Å²) in [5.74, 6) is -0.969. The number of rotatable bonds is 2. The largest absolute Gasteiger partial charge is 0.478 e. The van der Waals surface area contributed by atoms with Crippen LogP contribution in [0, 0.1) is 6.92 Å². The molecule has 3 rings (SSSR count). The monoisotopic (exact) mass is 322 g/mol. The molecule has 3 aromatic rings. The zero-order valence-corrected chi connectivity index (χ0v) is 12.2. The fourth-order valence-electron chi connectivity index (χ4n) is 2.07. The first kappa shape index (κ1) is 13.8. The Morgan fingerprint density at radius 2 is 2.05 bits per heavy atom. The standard InChI is InChI=1S/C13H8Cl2N4O2/c1-6-4-7(2-3-8(6)12(20)21)19-5-16-9-10(14)17-13(15)18-11(9)19/h2-5H,1H3,(H,20,21). The summed E-state index contributed by atoms with van der Waals surface area (Å²) in [7, 11) is 0. The topological polar surface area (TPSA) is 80.9 Å². The lowest BCUT2D eigenvalue weighted by Crippen LogP contribution is -2.02. The molecule has 21 heavy (non-hydrogen) atoms. The Balaban J connectivity index is 2.21. The second kappa shape index (κ2) is 4.98. The molecule has 6 nitrogen and oxygen atoms in total. The number of benzene rings is 1. The normalized spacial score (nSPS) is 11.0. The molecular weight excluding hydrogens is 315 g/mol. The second-order valence-electron chi connectivity index (χ2n) is 4.37. The maximum absolute atomic E-state index is 11.0. The third-order valence-electron chi connectivity index (χ3n) is 3.04. The van der Waals surface area contributed by atoms with Crippen LogP contribution in [0.2, 0.25) is 10.4 Å². The van der Waals surface area contributed by atoms with Crippen molar-refractivity contribution in [1.29, 1.82) is 0 Å². The summed E-state index contributed by atoms with van der Waals surface area (Å²) in [5.41, 5.74) is 2.48. The van der Waals surface area contributed by atoms with Gasteiger partial charge in [-0.1, -0.05) is 11.6 Å². The van der Waals surface area contributed by atoms with E-state index in [1.54, 1.807) is 23.6 Å². The van der Waals surface area contributed by atoms with E-state index in [1.807, 2.05) is 0 Å². The Morgan fingerprint density at radius 3 is 2.71 bits per heavy atom. The van der Waals surface area contributed by atoms with E-state index in [2.05, 4.69) is 15.0 Å². The zero-order chi connectivity index (χ0) is 15.1. The van der Waals surface area contributed by atoms with E-state index in [9.17, 15) is 4.79 Å². The van der Waals surface area contributed by atoms with Crippen molar-refractivity contribution in [2.24, 2.45) is 0 Å². The number of imidazole rings is 1. The summed E-state index contributed by atoms with van der Waals surface area (Å²) in [6.07, 6.45) is 1.54. The van der Waals surface area contributed by atoms with Crippen LogP contribution in [0.3, 0.4) is 0 Å². The molecule has 1 N–H and O–H groups in total. The van der Waals surface area contributed by atoms with Gasteiger partial charge in [-0.2, -0.15) is 4.98 Å². The van der Waals surface area contributed by atoms with Crippen LogP contribution in [0.15, 0.2) is 24.5 Å². The third-order valence-corrected chi connectivity index (χ3v) is 3.48. The van der Waals surface area contributed by atoms with Crippen LogP contribution >= 0.6 is 23.2 Å². The van der Waals surface area contributed by atoms with Crippen molar-refractivity contribution in [3.63, 3.8) is 0 Å². The lowest BCUT2D eigenvalue weighted by Gasteiger charge is -2.07. The maximum Gasteiger partial charge on any atom is 0.335 e. The molecule has 0 fully saturated rings. The first-order chi connectivity index (χ1) is 9.97. The van der Waals surface area contributed by atoms with Crippen molar-refractivity contribution >= 4 is 40.3 Å². The van der Waals surface area contributed by atoms with E-state index in [0.717, 1.165) is 0 Å². The van der Waals surface area contributed by atoms with Crippen LogP contribution in [-0.4, -0.2) is 30.6 Å². The average Bonchev–Trinajstić information content (AvgIpc) is 2.82.